The van der Waals surface area contributed by atoms with Crippen LogP contribution >= 0.6 is 0 Å². The summed E-state index contributed by atoms with van der Waals surface area (Å²) in [6.45, 7) is 1.16. The maximum absolute atomic E-state index is 13.6. The molecule has 1 saturated heterocycles. The molecule has 0 radical (unpaired) electrons. The van der Waals surface area contributed by atoms with E-state index in [9.17, 15) is 28.0 Å². The van der Waals surface area contributed by atoms with E-state index >= 15 is 0 Å². The van der Waals surface area contributed by atoms with Gasteiger partial charge in [-0.15, -0.1) is 0 Å². The van der Waals surface area contributed by atoms with Crippen LogP contribution in [0.4, 0.5) is 19.3 Å². The summed E-state index contributed by atoms with van der Waals surface area (Å²) in [7, 11) is 0. The normalized spacial score (nSPS) is 23.1. The summed E-state index contributed by atoms with van der Waals surface area (Å²) in [6.07, 6.45) is 3.29. The molecule has 2 fully saturated rings. The number of hydrogen-bond acceptors (Lipinski definition) is 4. The number of nitrogens with zero attached hydrogens (tertiary/aromatic N) is 2. The Morgan fingerprint density at radius 2 is 1.85 bits per heavy atom. The molecule has 0 unspecified atom stereocenters. The summed E-state index contributed by atoms with van der Waals surface area (Å²) in [4.78, 5) is 50.6. The number of rotatable bonds is 4. The molecule has 3 rings (SSSR count). The maximum atomic E-state index is 13.6. The Morgan fingerprint density at radius 1 is 1.15 bits per heavy atom. The van der Waals surface area contributed by atoms with Gasteiger partial charge in [0.1, 0.15) is 18.2 Å². The summed E-state index contributed by atoms with van der Waals surface area (Å²) in [5.74, 6) is -4.51. The lowest BCUT2D eigenvalue weighted by atomic mass is 9.85. The van der Waals surface area contributed by atoms with Gasteiger partial charge in [0.05, 0.1) is 5.69 Å². The van der Waals surface area contributed by atoms with Crippen molar-refractivity contribution in [3.63, 3.8) is 0 Å². The van der Waals surface area contributed by atoms with Gasteiger partial charge in [-0.25, -0.2) is 18.5 Å². The molecule has 0 spiro atoms. The number of carbonyl (C=O) groups is 4. The van der Waals surface area contributed by atoms with E-state index in [-0.39, 0.29) is 12.0 Å². The Kier molecular flexibility index (Phi) is 5.20. The van der Waals surface area contributed by atoms with Crippen molar-refractivity contribution < 1.29 is 28.0 Å². The Hall–Kier alpha value is -2.84. The second kappa shape index (κ2) is 7.42. The van der Waals surface area contributed by atoms with E-state index in [0.29, 0.717) is 11.3 Å². The number of carbonyl (C=O) groups excluding carboxylic acids is 4. The van der Waals surface area contributed by atoms with Crippen molar-refractivity contribution >= 4 is 29.4 Å². The van der Waals surface area contributed by atoms with Crippen molar-refractivity contribution in [1.82, 2.24) is 9.80 Å². The van der Waals surface area contributed by atoms with Crippen LogP contribution in [0.15, 0.2) is 18.2 Å². The van der Waals surface area contributed by atoms with Gasteiger partial charge in [0.25, 0.3) is 0 Å². The molecule has 144 valence electrons. The smallest absolute Gasteiger partial charge is 0.322 e. The molecule has 1 heterocycles. The highest BCUT2D eigenvalue weighted by atomic mass is 19.1. The summed E-state index contributed by atoms with van der Waals surface area (Å²) < 4.78 is 26.8. The fourth-order valence-corrected chi connectivity index (χ4v) is 3.56. The SMILES string of the molecule is C[C@H]1CCCC[C@@H]1N1C(=O)C(=O)N(CC(=O)Nc2cc(F)ccc2F)C1=O. The number of imide groups is 2. The van der Waals surface area contributed by atoms with Crippen LogP contribution in [-0.4, -0.2) is 46.1 Å². The van der Waals surface area contributed by atoms with Crippen LogP contribution in [0.3, 0.4) is 0 Å². The van der Waals surface area contributed by atoms with Gasteiger partial charge in [-0.2, -0.15) is 0 Å². The number of anilines is 1. The minimum absolute atomic E-state index is 0.0645. The summed E-state index contributed by atoms with van der Waals surface area (Å²) >= 11 is 0. The lowest BCUT2D eigenvalue weighted by Crippen LogP contribution is -2.46. The zero-order chi connectivity index (χ0) is 19.7. The molecule has 9 heteroatoms. The summed E-state index contributed by atoms with van der Waals surface area (Å²) in [5, 5.41) is 2.11. The highest BCUT2D eigenvalue weighted by molar-refractivity contribution is 6.45. The van der Waals surface area contributed by atoms with Gasteiger partial charge in [-0.1, -0.05) is 19.8 Å². The number of amides is 5. The molecule has 1 aromatic rings. The number of halogens is 2. The molecule has 2 atom stereocenters. The van der Waals surface area contributed by atoms with Gasteiger partial charge in [0.15, 0.2) is 0 Å². The molecule has 1 aliphatic heterocycles. The van der Waals surface area contributed by atoms with E-state index in [2.05, 4.69) is 5.32 Å². The average Bonchev–Trinajstić information content (AvgIpc) is 2.82. The lowest BCUT2D eigenvalue weighted by Gasteiger charge is -2.34. The third-order valence-electron chi connectivity index (χ3n) is 4.99. The van der Waals surface area contributed by atoms with Crippen LogP contribution in [0.25, 0.3) is 0 Å². The first-order chi connectivity index (χ1) is 12.8. The predicted molar refractivity (Wildman–Crippen MR) is 90.4 cm³/mol. The lowest BCUT2D eigenvalue weighted by molar-refractivity contribution is -0.145. The van der Waals surface area contributed by atoms with Crippen LogP contribution in [0.2, 0.25) is 0 Å². The summed E-state index contributed by atoms with van der Waals surface area (Å²) in [6, 6.07) is 1.28. The predicted octanol–water partition coefficient (Wildman–Crippen LogP) is 2.27. The van der Waals surface area contributed by atoms with E-state index in [1.54, 1.807) is 0 Å². The van der Waals surface area contributed by atoms with Crippen molar-refractivity contribution in [3.8, 4) is 0 Å². The van der Waals surface area contributed by atoms with Crippen molar-refractivity contribution in [2.75, 3.05) is 11.9 Å². The molecule has 1 aromatic carbocycles. The van der Waals surface area contributed by atoms with Crippen molar-refractivity contribution in [3.05, 3.63) is 29.8 Å². The molecule has 1 aliphatic carbocycles. The topological polar surface area (TPSA) is 86.8 Å². The van der Waals surface area contributed by atoms with E-state index in [0.717, 1.165) is 42.4 Å². The zero-order valence-electron chi connectivity index (χ0n) is 14.7. The van der Waals surface area contributed by atoms with E-state index in [1.807, 2.05) is 6.92 Å². The molecule has 7 nitrogen and oxygen atoms in total. The Labute approximate surface area is 154 Å². The molecule has 5 amide bonds. The third kappa shape index (κ3) is 3.67. The standard InChI is InChI=1S/C18H19F2N3O4/c1-10-4-2-3-5-14(10)23-17(26)16(25)22(18(23)27)9-15(24)21-13-8-11(19)6-7-12(13)20/h6-8,10,14H,2-5,9H2,1H3,(H,21,24)/t10-,14-/m0/s1. The largest absolute Gasteiger partial charge is 0.334 e. The molecule has 1 saturated carbocycles. The van der Waals surface area contributed by atoms with Crippen molar-refractivity contribution in [1.29, 1.82) is 0 Å². The van der Waals surface area contributed by atoms with E-state index in [1.165, 1.54) is 0 Å². The first-order valence-electron chi connectivity index (χ1n) is 8.73. The number of urea groups is 1. The van der Waals surface area contributed by atoms with Crippen LogP contribution in [0.1, 0.15) is 32.6 Å². The second-order valence-corrected chi connectivity index (χ2v) is 6.85. The van der Waals surface area contributed by atoms with Gasteiger partial charge in [-0.05, 0) is 30.9 Å². The van der Waals surface area contributed by atoms with Gasteiger partial charge in [-0.3, -0.25) is 19.3 Å². The van der Waals surface area contributed by atoms with Crippen molar-refractivity contribution in [2.45, 2.75) is 38.6 Å². The fraction of sp³-hybridized carbons (Fsp3) is 0.444. The maximum Gasteiger partial charge on any atom is 0.334 e. The Bertz CT molecular complexity index is 814. The van der Waals surface area contributed by atoms with Crippen LogP contribution in [0, 0.1) is 17.6 Å². The first-order valence-corrected chi connectivity index (χ1v) is 8.73. The molecule has 27 heavy (non-hydrogen) atoms. The third-order valence-corrected chi connectivity index (χ3v) is 4.99. The fourth-order valence-electron chi connectivity index (χ4n) is 3.56. The number of hydrogen-bond donors (Lipinski definition) is 1. The minimum atomic E-state index is -1.09. The monoisotopic (exact) mass is 379 g/mol. The van der Waals surface area contributed by atoms with Crippen LogP contribution in [-0.2, 0) is 14.4 Å². The molecule has 0 aromatic heterocycles. The number of nitrogens with one attached hydrogen (secondary N) is 1. The van der Waals surface area contributed by atoms with Crippen LogP contribution < -0.4 is 5.32 Å². The van der Waals surface area contributed by atoms with E-state index in [4.69, 9.17) is 0 Å². The number of benzene rings is 1. The molecular weight excluding hydrogens is 360 g/mol. The first kappa shape index (κ1) is 18.9. The van der Waals surface area contributed by atoms with Gasteiger partial charge in [0.2, 0.25) is 5.91 Å². The van der Waals surface area contributed by atoms with Gasteiger partial charge < -0.3 is 5.32 Å². The highest BCUT2D eigenvalue weighted by Gasteiger charge is 2.49. The van der Waals surface area contributed by atoms with Gasteiger partial charge >= 0.3 is 17.8 Å². The Morgan fingerprint density at radius 3 is 2.56 bits per heavy atom. The molecular formula is C18H19F2N3O4. The molecule has 2 aliphatic rings. The second-order valence-electron chi connectivity index (χ2n) is 6.85. The quantitative estimate of drug-likeness (QED) is 0.642. The Balaban J connectivity index is 1.72. The minimum Gasteiger partial charge on any atom is -0.322 e. The van der Waals surface area contributed by atoms with Gasteiger partial charge in [0, 0.05) is 12.1 Å². The highest BCUT2D eigenvalue weighted by Crippen LogP contribution is 2.31. The van der Waals surface area contributed by atoms with Crippen LogP contribution in [0.5, 0.6) is 0 Å². The summed E-state index contributed by atoms with van der Waals surface area (Å²) in [5.41, 5.74) is -0.414. The molecule has 0 bridgehead atoms. The molecule has 1 N–H and O–H groups in total. The zero-order valence-corrected chi connectivity index (χ0v) is 14.7. The van der Waals surface area contributed by atoms with E-state index < -0.39 is 47.6 Å². The van der Waals surface area contributed by atoms with Crippen molar-refractivity contribution in [2.24, 2.45) is 5.92 Å². The average molecular weight is 379 g/mol.